The highest BCUT2D eigenvalue weighted by atomic mass is 16.5. The molecule has 0 bridgehead atoms. The van der Waals surface area contributed by atoms with E-state index < -0.39 is 12.1 Å². The van der Waals surface area contributed by atoms with E-state index in [1.807, 2.05) is 6.92 Å². The predicted molar refractivity (Wildman–Crippen MR) is 49.6 cm³/mol. The number of nitrogens with zero attached hydrogens (tertiary/aromatic N) is 2. The van der Waals surface area contributed by atoms with Gasteiger partial charge in [-0.3, -0.25) is 4.68 Å². The second-order valence-corrected chi connectivity index (χ2v) is 2.98. The first-order chi connectivity index (χ1) is 6.60. The summed E-state index contributed by atoms with van der Waals surface area (Å²) < 4.78 is 6.02. The van der Waals surface area contributed by atoms with Crippen LogP contribution in [0.5, 0.6) is 0 Å². The Morgan fingerprint density at radius 1 is 1.79 bits per heavy atom. The van der Waals surface area contributed by atoms with E-state index in [1.165, 1.54) is 7.11 Å². The van der Waals surface area contributed by atoms with Crippen molar-refractivity contribution in [3.8, 4) is 0 Å². The topological polar surface area (TPSA) is 64.3 Å². The first-order valence-electron chi connectivity index (χ1n) is 4.38. The maximum atomic E-state index is 11.1. The van der Waals surface area contributed by atoms with E-state index in [0.717, 1.165) is 0 Å². The lowest BCUT2D eigenvalue weighted by Crippen LogP contribution is -2.14. The third-order valence-corrected chi connectivity index (χ3v) is 1.99. The summed E-state index contributed by atoms with van der Waals surface area (Å²) in [6, 6.07) is 0. The number of hydrogen-bond donors (Lipinski definition) is 1. The molecule has 1 aromatic heterocycles. The molecule has 0 aliphatic carbocycles. The molecule has 1 rings (SSSR count). The van der Waals surface area contributed by atoms with Crippen molar-refractivity contribution in [3.63, 3.8) is 0 Å². The van der Waals surface area contributed by atoms with E-state index in [-0.39, 0.29) is 0 Å². The van der Waals surface area contributed by atoms with Gasteiger partial charge in [0.05, 0.1) is 12.8 Å². The number of aliphatic hydroxyl groups is 1. The molecule has 1 heterocycles. The van der Waals surface area contributed by atoms with Gasteiger partial charge < -0.3 is 9.84 Å². The maximum absolute atomic E-state index is 11.1. The minimum Gasteiger partial charge on any atom is -0.467 e. The van der Waals surface area contributed by atoms with E-state index in [4.69, 9.17) is 0 Å². The molecule has 14 heavy (non-hydrogen) atoms. The zero-order valence-electron chi connectivity index (χ0n) is 8.52. The summed E-state index contributed by atoms with van der Waals surface area (Å²) in [5.74, 6) is -0.660. The minimum atomic E-state index is -1.23. The third kappa shape index (κ3) is 1.93. The molecular weight excluding hydrogens is 184 g/mol. The fourth-order valence-corrected chi connectivity index (χ4v) is 1.29. The Morgan fingerprint density at radius 2 is 2.43 bits per heavy atom. The highest BCUT2D eigenvalue weighted by molar-refractivity contribution is 5.76. The van der Waals surface area contributed by atoms with E-state index in [2.05, 4.69) is 9.84 Å². The number of ether oxygens (including phenoxy) is 1. The Balaban J connectivity index is 2.98. The summed E-state index contributed by atoms with van der Waals surface area (Å²) >= 11 is 0. The van der Waals surface area contributed by atoms with Gasteiger partial charge >= 0.3 is 5.97 Å². The van der Waals surface area contributed by atoms with Crippen LogP contribution in [0.2, 0.25) is 0 Å². The summed E-state index contributed by atoms with van der Waals surface area (Å²) in [6.07, 6.45) is 1.06. The largest absolute Gasteiger partial charge is 0.467 e. The fraction of sp³-hybridized carbons (Fsp3) is 0.556. The summed E-state index contributed by atoms with van der Waals surface area (Å²) in [5, 5.41) is 13.7. The number of rotatable bonds is 3. The van der Waals surface area contributed by atoms with Crippen molar-refractivity contribution in [1.82, 2.24) is 9.78 Å². The second kappa shape index (κ2) is 4.23. The molecule has 1 N–H and O–H groups in total. The zero-order chi connectivity index (χ0) is 10.7. The molecule has 0 saturated carbocycles. The fourth-order valence-electron chi connectivity index (χ4n) is 1.29. The van der Waals surface area contributed by atoms with Crippen molar-refractivity contribution in [1.29, 1.82) is 0 Å². The van der Waals surface area contributed by atoms with Gasteiger partial charge in [-0.15, -0.1) is 0 Å². The Bertz CT molecular complexity index is 333. The van der Waals surface area contributed by atoms with E-state index in [1.54, 1.807) is 17.9 Å². The number of carbonyl (C=O) groups is 1. The van der Waals surface area contributed by atoms with Crippen molar-refractivity contribution >= 4 is 5.97 Å². The van der Waals surface area contributed by atoms with E-state index in [0.29, 0.717) is 17.7 Å². The Kier molecular flexibility index (Phi) is 3.24. The molecule has 0 aromatic carbocycles. The molecule has 0 saturated heterocycles. The number of aromatic nitrogens is 2. The molecule has 5 heteroatoms. The van der Waals surface area contributed by atoms with Gasteiger partial charge in [0.15, 0.2) is 6.10 Å². The first-order valence-corrected chi connectivity index (χ1v) is 4.38. The molecule has 0 spiro atoms. The van der Waals surface area contributed by atoms with Crippen LogP contribution in [0, 0.1) is 0 Å². The van der Waals surface area contributed by atoms with Crippen molar-refractivity contribution in [2.45, 2.75) is 19.4 Å². The number of esters is 1. The molecule has 1 unspecified atom stereocenters. The molecule has 0 aliphatic heterocycles. The van der Waals surface area contributed by atoms with Crippen LogP contribution in [0.3, 0.4) is 0 Å². The minimum absolute atomic E-state index is 0.516. The van der Waals surface area contributed by atoms with Gasteiger partial charge in [0, 0.05) is 18.8 Å². The molecule has 5 nitrogen and oxygen atoms in total. The SMILES string of the molecule is CCc1nn(C)cc1C(O)C(=O)OC. The van der Waals surface area contributed by atoms with Gasteiger partial charge in [0.2, 0.25) is 0 Å². The lowest BCUT2D eigenvalue weighted by Gasteiger charge is -2.06. The van der Waals surface area contributed by atoms with Crippen molar-refractivity contribution < 1.29 is 14.6 Å². The Labute approximate surface area is 82.3 Å². The summed E-state index contributed by atoms with van der Waals surface area (Å²) in [6.45, 7) is 1.91. The summed E-state index contributed by atoms with van der Waals surface area (Å²) in [5.41, 5.74) is 1.23. The van der Waals surface area contributed by atoms with E-state index in [9.17, 15) is 9.90 Å². The van der Waals surface area contributed by atoms with Gasteiger partial charge in [0.25, 0.3) is 0 Å². The van der Waals surface area contributed by atoms with Crippen LogP contribution in [0.4, 0.5) is 0 Å². The molecule has 0 amide bonds. The lowest BCUT2D eigenvalue weighted by molar-refractivity contribution is -0.150. The predicted octanol–water partition coefficient (Wildman–Crippen LogP) is 0.189. The van der Waals surface area contributed by atoms with Crippen LogP contribution >= 0.6 is 0 Å². The van der Waals surface area contributed by atoms with Crippen LogP contribution in [-0.4, -0.2) is 28.0 Å². The first kappa shape index (κ1) is 10.7. The number of methoxy groups -OCH3 is 1. The average Bonchev–Trinajstić information content (AvgIpc) is 2.57. The number of carbonyl (C=O) groups excluding carboxylic acids is 1. The zero-order valence-corrected chi connectivity index (χ0v) is 8.52. The summed E-state index contributed by atoms with van der Waals surface area (Å²) in [4.78, 5) is 11.1. The average molecular weight is 198 g/mol. The van der Waals surface area contributed by atoms with Gasteiger partial charge in [0.1, 0.15) is 0 Å². The molecule has 0 fully saturated rings. The monoisotopic (exact) mass is 198 g/mol. The lowest BCUT2D eigenvalue weighted by atomic mass is 10.1. The third-order valence-electron chi connectivity index (χ3n) is 1.99. The quantitative estimate of drug-likeness (QED) is 0.704. The smallest absolute Gasteiger partial charge is 0.339 e. The normalized spacial score (nSPS) is 12.6. The molecular formula is C9H14N2O3. The number of aliphatic hydroxyl groups excluding tert-OH is 1. The van der Waals surface area contributed by atoms with Crippen LogP contribution in [0.15, 0.2) is 6.20 Å². The molecule has 1 atom stereocenters. The standard InChI is InChI=1S/C9H14N2O3/c1-4-7-6(5-11(2)10-7)8(12)9(13)14-3/h5,8,12H,4H2,1-3H3. The van der Waals surface area contributed by atoms with Crippen LogP contribution in [0.1, 0.15) is 24.3 Å². The van der Waals surface area contributed by atoms with Gasteiger partial charge in [-0.2, -0.15) is 5.10 Å². The molecule has 0 aliphatic rings. The van der Waals surface area contributed by atoms with Crippen LogP contribution < -0.4 is 0 Å². The number of hydrogen-bond acceptors (Lipinski definition) is 4. The molecule has 78 valence electrons. The highest BCUT2D eigenvalue weighted by Gasteiger charge is 2.22. The highest BCUT2D eigenvalue weighted by Crippen LogP contribution is 2.18. The second-order valence-electron chi connectivity index (χ2n) is 2.98. The van der Waals surface area contributed by atoms with Crippen molar-refractivity contribution in [2.24, 2.45) is 7.05 Å². The van der Waals surface area contributed by atoms with Crippen LogP contribution in [-0.2, 0) is 23.0 Å². The molecule has 0 radical (unpaired) electrons. The Morgan fingerprint density at radius 3 is 2.93 bits per heavy atom. The van der Waals surface area contributed by atoms with E-state index >= 15 is 0 Å². The van der Waals surface area contributed by atoms with Crippen LogP contribution in [0.25, 0.3) is 0 Å². The maximum Gasteiger partial charge on any atom is 0.339 e. The Hall–Kier alpha value is -1.36. The van der Waals surface area contributed by atoms with Gasteiger partial charge in [-0.05, 0) is 6.42 Å². The van der Waals surface area contributed by atoms with Crippen molar-refractivity contribution in [2.75, 3.05) is 7.11 Å². The van der Waals surface area contributed by atoms with Crippen molar-refractivity contribution in [3.05, 3.63) is 17.5 Å². The summed E-state index contributed by atoms with van der Waals surface area (Å²) in [7, 11) is 2.99. The molecule has 1 aromatic rings. The van der Waals surface area contributed by atoms with Gasteiger partial charge in [-0.25, -0.2) is 4.79 Å². The van der Waals surface area contributed by atoms with Gasteiger partial charge in [-0.1, -0.05) is 6.92 Å². The number of aryl methyl sites for hydroxylation is 2.